The Hall–Kier alpha value is -2.12. The maximum atomic E-state index is 11.9. The first-order valence-electron chi connectivity index (χ1n) is 6.46. The van der Waals surface area contributed by atoms with Crippen LogP contribution in [0, 0.1) is 0 Å². The minimum atomic E-state index is -1.16. The van der Waals surface area contributed by atoms with Gasteiger partial charge in [-0.3, -0.25) is 4.79 Å². The summed E-state index contributed by atoms with van der Waals surface area (Å²) in [5.74, 6) is -1.19. The number of carboxylic acids is 1. The molecule has 0 aliphatic rings. The predicted octanol–water partition coefficient (Wildman–Crippen LogP) is 1.09. The van der Waals surface area contributed by atoms with Crippen molar-refractivity contribution in [2.24, 2.45) is 5.73 Å². The van der Waals surface area contributed by atoms with Crippen molar-refractivity contribution in [3.05, 3.63) is 23.8 Å². The maximum Gasteiger partial charge on any atom is 0.337 e. The van der Waals surface area contributed by atoms with Gasteiger partial charge in [-0.05, 0) is 31.0 Å². The third-order valence-electron chi connectivity index (χ3n) is 2.92. The number of benzene rings is 1. The molecule has 7 nitrogen and oxygen atoms in total. The van der Waals surface area contributed by atoms with E-state index in [0.29, 0.717) is 25.2 Å². The highest BCUT2D eigenvalue weighted by molar-refractivity contribution is 6.02. The van der Waals surface area contributed by atoms with Crippen LogP contribution in [0.2, 0.25) is 0 Å². The topological polar surface area (TPSA) is 111 Å². The van der Waals surface area contributed by atoms with Gasteiger partial charge in [0.05, 0.1) is 24.4 Å². The Kier molecular flexibility index (Phi) is 6.64. The lowest BCUT2D eigenvalue weighted by atomic mass is 10.1. The molecule has 0 aromatic heterocycles. The summed E-state index contributed by atoms with van der Waals surface area (Å²) in [7, 11) is 3.01. The SMILES string of the molecule is COCCCC(N)C(=O)Nc1ccc(OC)cc1C(=O)O. The van der Waals surface area contributed by atoms with Crippen LogP contribution in [-0.4, -0.2) is 43.9 Å². The summed E-state index contributed by atoms with van der Waals surface area (Å²) in [4.78, 5) is 23.1. The normalized spacial score (nSPS) is 11.8. The van der Waals surface area contributed by atoms with Crippen LogP contribution in [0.15, 0.2) is 18.2 Å². The molecule has 1 aromatic carbocycles. The van der Waals surface area contributed by atoms with Crippen molar-refractivity contribution in [2.45, 2.75) is 18.9 Å². The van der Waals surface area contributed by atoms with E-state index < -0.39 is 17.9 Å². The molecule has 0 heterocycles. The summed E-state index contributed by atoms with van der Waals surface area (Å²) in [6, 6.07) is 3.67. The summed E-state index contributed by atoms with van der Waals surface area (Å²) in [5.41, 5.74) is 5.89. The Morgan fingerprint density at radius 1 is 1.38 bits per heavy atom. The second kappa shape index (κ2) is 8.23. The average molecular weight is 296 g/mol. The molecule has 116 valence electrons. The molecule has 0 saturated carbocycles. The molecule has 21 heavy (non-hydrogen) atoms. The summed E-state index contributed by atoms with van der Waals surface area (Å²) >= 11 is 0. The lowest BCUT2D eigenvalue weighted by molar-refractivity contribution is -0.117. The smallest absolute Gasteiger partial charge is 0.337 e. The van der Waals surface area contributed by atoms with Gasteiger partial charge in [0.25, 0.3) is 0 Å². The first kappa shape index (κ1) is 16.9. The fraction of sp³-hybridized carbons (Fsp3) is 0.429. The molecule has 0 bridgehead atoms. The number of hydrogen-bond acceptors (Lipinski definition) is 5. The number of nitrogens with one attached hydrogen (secondary N) is 1. The third-order valence-corrected chi connectivity index (χ3v) is 2.92. The van der Waals surface area contributed by atoms with Gasteiger partial charge in [-0.25, -0.2) is 4.79 Å². The van der Waals surface area contributed by atoms with Crippen molar-refractivity contribution in [3.63, 3.8) is 0 Å². The van der Waals surface area contributed by atoms with Crippen LogP contribution in [0.25, 0.3) is 0 Å². The number of aromatic carboxylic acids is 1. The largest absolute Gasteiger partial charge is 0.497 e. The molecule has 0 radical (unpaired) electrons. The summed E-state index contributed by atoms with van der Waals surface area (Å²) in [6.45, 7) is 0.518. The highest BCUT2D eigenvalue weighted by atomic mass is 16.5. The Balaban J connectivity index is 2.77. The molecule has 0 fully saturated rings. The number of carboxylic acid groups (broad SMARTS) is 1. The van der Waals surface area contributed by atoms with Gasteiger partial charge < -0.3 is 25.6 Å². The van der Waals surface area contributed by atoms with Crippen LogP contribution >= 0.6 is 0 Å². The standard InChI is InChI=1S/C14H20N2O5/c1-20-7-3-4-11(15)13(17)16-12-6-5-9(21-2)8-10(12)14(18)19/h5-6,8,11H,3-4,7,15H2,1-2H3,(H,16,17)(H,18,19). The van der Waals surface area contributed by atoms with Gasteiger partial charge >= 0.3 is 5.97 Å². The number of amides is 1. The van der Waals surface area contributed by atoms with Crippen LogP contribution < -0.4 is 15.8 Å². The summed E-state index contributed by atoms with van der Waals surface area (Å²) in [6.07, 6.45) is 1.11. The summed E-state index contributed by atoms with van der Waals surface area (Å²) in [5, 5.41) is 11.7. The quantitative estimate of drug-likeness (QED) is 0.619. The molecule has 1 atom stereocenters. The molecular formula is C14H20N2O5. The first-order chi connectivity index (χ1) is 9.99. The molecule has 1 unspecified atom stereocenters. The zero-order chi connectivity index (χ0) is 15.8. The van der Waals surface area contributed by atoms with Crippen LogP contribution in [-0.2, 0) is 9.53 Å². The van der Waals surface area contributed by atoms with Crippen LogP contribution in [0.5, 0.6) is 5.75 Å². The molecule has 0 spiro atoms. The van der Waals surface area contributed by atoms with E-state index in [1.807, 2.05) is 0 Å². The lowest BCUT2D eigenvalue weighted by Crippen LogP contribution is -2.36. The fourth-order valence-electron chi connectivity index (χ4n) is 1.74. The zero-order valence-corrected chi connectivity index (χ0v) is 12.1. The van der Waals surface area contributed by atoms with Crippen molar-refractivity contribution in [3.8, 4) is 5.75 Å². The highest BCUT2D eigenvalue weighted by Crippen LogP contribution is 2.22. The number of carbonyl (C=O) groups excluding carboxylic acids is 1. The van der Waals surface area contributed by atoms with E-state index in [1.54, 1.807) is 13.2 Å². The van der Waals surface area contributed by atoms with Crippen LogP contribution in [0.4, 0.5) is 5.69 Å². The Morgan fingerprint density at radius 3 is 2.67 bits per heavy atom. The number of anilines is 1. The zero-order valence-electron chi connectivity index (χ0n) is 12.1. The van der Waals surface area contributed by atoms with Gasteiger partial charge in [0, 0.05) is 13.7 Å². The Bertz CT molecular complexity index is 504. The Morgan fingerprint density at radius 2 is 2.10 bits per heavy atom. The monoisotopic (exact) mass is 296 g/mol. The molecule has 4 N–H and O–H groups in total. The number of hydrogen-bond donors (Lipinski definition) is 3. The number of carbonyl (C=O) groups is 2. The predicted molar refractivity (Wildman–Crippen MR) is 77.7 cm³/mol. The molecule has 1 aromatic rings. The number of nitrogens with two attached hydrogens (primary N) is 1. The average Bonchev–Trinajstić information content (AvgIpc) is 2.47. The molecule has 0 aliphatic heterocycles. The van der Waals surface area contributed by atoms with Gasteiger partial charge in [-0.15, -0.1) is 0 Å². The Labute approximate surface area is 123 Å². The molecule has 0 aliphatic carbocycles. The van der Waals surface area contributed by atoms with Crippen molar-refractivity contribution in [2.75, 3.05) is 26.1 Å². The van der Waals surface area contributed by atoms with E-state index in [-0.39, 0.29) is 11.3 Å². The molecule has 7 heteroatoms. The van der Waals surface area contributed by atoms with E-state index in [2.05, 4.69) is 5.32 Å². The highest BCUT2D eigenvalue weighted by Gasteiger charge is 2.17. The minimum Gasteiger partial charge on any atom is -0.497 e. The van der Waals surface area contributed by atoms with Gasteiger partial charge in [-0.2, -0.15) is 0 Å². The molecular weight excluding hydrogens is 276 g/mol. The van der Waals surface area contributed by atoms with E-state index in [0.717, 1.165) is 0 Å². The lowest BCUT2D eigenvalue weighted by Gasteiger charge is -2.14. The van der Waals surface area contributed by atoms with Crippen LogP contribution in [0.3, 0.4) is 0 Å². The molecule has 1 rings (SSSR count). The van der Waals surface area contributed by atoms with Crippen molar-refractivity contribution in [1.82, 2.24) is 0 Å². The van der Waals surface area contributed by atoms with E-state index >= 15 is 0 Å². The summed E-state index contributed by atoms with van der Waals surface area (Å²) < 4.78 is 9.85. The van der Waals surface area contributed by atoms with Gasteiger partial charge in [-0.1, -0.05) is 0 Å². The number of rotatable bonds is 8. The first-order valence-corrected chi connectivity index (χ1v) is 6.46. The number of ether oxygens (including phenoxy) is 2. The third kappa shape index (κ3) is 5.05. The molecule has 0 saturated heterocycles. The minimum absolute atomic E-state index is 0.0493. The fourth-order valence-corrected chi connectivity index (χ4v) is 1.74. The maximum absolute atomic E-state index is 11.9. The van der Waals surface area contributed by atoms with E-state index in [1.165, 1.54) is 19.2 Å². The van der Waals surface area contributed by atoms with Crippen molar-refractivity contribution < 1.29 is 24.2 Å². The van der Waals surface area contributed by atoms with E-state index in [4.69, 9.17) is 20.3 Å². The second-order valence-corrected chi connectivity index (χ2v) is 4.45. The second-order valence-electron chi connectivity index (χ2n) is 4.45. The number of methoxy groups -OCH3 is 2. The van der Waals surface area contributed by atoms with E-state index in [9.17, 15) is 9.59 Å². The van der Waals surface area contributed by atoms with Crippen LogP contribution in [0.1, 0.15) is 23.2 Å². The van der Waals surface area contributed by atoms with Crippen molar-refractivity contribution in [1.29, 1.82) is 0 Å². The molecule has 1 amide bonds. The van der Waals surface area contributed by atoms with Crippen molar-refractivity contribution >= 4 is 17.6 Å². The van der Waals surface area contributed by atoms with Gasteiger partial charge in [0.1, 0.15) is 5.75 Å². The van der Waals surface area contributed by atoms with Gasteiger partial charge in [0.2, 0.25) is 5.91 Å². The van der Waals surface area contributed by atoms with Gasteiger partial charge in [0.15, 0.2) is 0 Å².